The summed E-state index contributed by atoms with van der Waals surface area (Å²) >= 11 is 6.95. The normalized spacial score (nSPS) is 12.2. The van der Waals surface area contributed by atoms with Gasteiger partial charge in [-0.3, -0.25) is 0 Å². The first-order valence-corrected chi connectivity index (χ1v) is 6.40. The van der Waals surface area contributed by atoms with Gasteiger partial charge >= 0.3 is 6.18 Å². The van der Waals surface area contributed by atoms with E-state index in [1.54, 1.807) is 18.2 Å². The molecule has 0 aliphatic carbocycles. The second-order valence-corrected chi connectivity index (χ2v) is 5.23. The smallest absolute Gasteiger partial charge is 0.399 e. The molecule has 20 heavy (non-hydrogen) atoms. The number of alkyl halides is 3. The van der Waals surface area contributed by atoms with Crippen LogP contribution in [0, 0.1) is 0 Å². The largest absolute Gasteiger partial charge is 0.453 e. The lowest BCUT2D eigenvalue weighted by molar-refractivity contribution is -0.146. The monoisotopic (exact) mass is 319 g/mol. The molecule has 0 bridgehead atoms. The Balaban J connectivity index is 2.19. The molecule has 0 saturated heterocycles. The highest BCUT2D eigenvalue weighted by molar-refractivity contribution is 7.19. The average molecular weight is 320 g/mol. The zero-order valence-electron chi connectivity index (χ0n) is 9.52. The Kier molecular flexibility index (Phi) is 2.83. The van der Waals surface area contributed by atoms with Crippen LogP contribution in [0.2, 0.25) is 5.02 Å². The Bertz CT molecular complexity index is 794. The third kappa shape index (κ3) is 2.08. The molecule has 0 atom stereocenters. The van der Waals surface area contributed by atoms with Crippen LogP contribution in [0.3, 0.4) is 0 Å². The second-order valence-electron chi connectivity index (χ2n) is 3.86. The molecule has 0 fully saturated rings. The summed E-state index contributed by atoms with van der Waals surface area (Å²) in [5.41, 5.74) is 6.53. The van der Waals surface area contributed by atoms with Crippen molar-refractivity contribution in [2.45, 2.75) is 6.18 Å². The summed E-state index contributed by atoms with van der Waals surface area (Å²) in [6, 6.07) is 4.69. The number of halogens is 4. The summed E-state index contributed by atoms with van der Waals surface area (Å²) in [5, 5.41) is 11.0. The van der Waals surface area contributed by atoms with Crippen LogP contribution in [0.5, 0.6) is 0 Å². The number of benzene rings is 1. The summed E-state index contributed by atoms with van der Waals surface area (Å²) < 4.78 is 38.8. The molecule has 0 unspecified atom stereocenters. The van der Waals surface area contributed by atoms with E-state index in [1.165, 1.54) is 0 Å². The number of nitrogens with zero attached hydrogens (tertiary/aromatic N) is 4. The van der Waals surface area contributed by atoms with Gasteiger partial charge in [0.25, 0.3) is 5.82 Å². The fraction of sp³-hybridized carbons (Fsp3) is 0.100. The number of fused-ring (bicyclic) bond motifs is 1. The molecular formula is C10H5ClF3N5S. The van der Waals surface area contributed by atoms with Crippen molar-refractivity contribution in [3.63, 3.8) is 0 Å². The SMILES string of the molecule is Nc1ccc(Cl)c(-c2nn3c(C(F)(F)F)nnc3s2)c1. The van der Waals surface area contributed by atoms with E-state index in [0.29, 0.717) is 20.8 Å². The van der Waals surface area contributed by atoms with Crippen molar-refractivity contribution in [2.75, 3.05) is 5.73 Å². The van der Waals surface area contributed by atoms with Gasteiger partial charge in [-0.2, -0.15) is 22.8 Å². The molecule has 0 saturated carbocycles. The fourth-order valence-corrected chi connectivity index (χ4v) is 2.74. The van der Waals surface area contributed by atoms with Gasteiger partial charge in [-0.05, 0) is 18.2 Å². The van der Waals surface area contributed by atoms with Crippen LogP contribution in [0.4, 0.5) is 18.9 Å². The first-order chi connectivity index (χ1) is 9.36. The zero-order chi connectivity index (χ0) is 14.5. The number of nitrogens with two attached hydrogens (primary N) is 1. The number of aromatic nitrogens is 4. The lowest BCUT2D eigenvalue weighted by atomic mass is 10.2. The number of rotatable bonds is 1. The minimum absolute atomic E-state index is 0.0332. The van der Waals surface area contributed by atoms with Crippen molar-refractivity contribution in [3.8, 4) is 10.6 Å². The maximum Gasteiger partial charge on any atom is 0.453 e. The Labute approximate surface area is 118 Å². The van der Waals surface area contributed by atoms with Gasteiger partial charge in [0.2, 0.25) is 4.96 Å². The molecule has 0 aliphatic heterocycles. The fourth-order valence-electron chi connectivity index (χ4n) is 1.61. The molecule has 0 radical (unpaired) electrons. The Morgan fingerprint density at radius 3 is 2.70 bits per heavy atom. The van der Waals surface area contributed by atoms with Crippen molar-refractivity contribution in [1.82, 2.24) is 19.8 Å². The van der Waals surface area contributed by atoms with Crippen molar-refractivity contribution in [1.29, 1.82) is 0 Å². The van der Waals surface area contributed by atoms with Gasteiger partial charge in [0.1, 0.15) is 5.01 Å². The van der Waals surface area contributed by atoms with Crippen LogP contribution < -0.4 is 5.73 Å². The van der Waals surface area contributed by atoms with Gasteiger partial charge in [-0.25, -0.2) is 0 Å². The molecule has 1 aromatic carbocycles. The van der Waals surface area contributed by atoms with Crippen LogP contribution in [0.15, 0.2) is 18.2 Å². The standard InChI is InChI=1S/C10H5ClF3N5S/c11-6-2-1-4(15)3-5(6)7-18-19-8(10(12,13)14)16-17-9(19)20-7/h1-3H,15H2. The van der Waals surface area contributed by atoms with E-state index in [-0.39, 0.29) is 9.97 Å². The predicted molar refractivity (Wildman–Crippen MR) is 68.5 cm³/mol. The van der Waals surface area contributed by atoms with Crippen LogP contribution in [0.25, 0.3) is 15.5 Å². The maximum atomic E-state index is 12.7. The van der Waals surface area contributed by atoms with E-state index in [1.807, 2.05) is 0 Å². The molecule has 2 aromatic heterocycles. The lowest BCUT2D eigenvalue weighted by Gasteiger charge is -2.02. The molecule has 2 N–H and O–H groups in total. The first-order valence-electron chi connectivity index (χ1n) is 5.21. The highest BCUT2D eigenvalue weighted by atomic mass is 35.5. The first kappa shape index (κ1) is 13.1. The molecule has 104 valence electrons. The highest BCUT2D eigenvalue weighted by Gasteiger charge is 2.38. The topological polar surface area (TPSA) is 69.1 Å². The second kappa shape index (κ2) is 4.32. The van der Waals surface area contributed by atoms with Gasteiger partial charge in [-0.15, -0.1) is 10.2 Å². The molecule has 0 spiro atoms. The number of nitrogen functional groups attached to an aromatic ring is 1. The molecule has 10 heteroatoms. The van der Waals surface area contributed by atoms with Gasteiger partial charge in [0.05, 0.1) is 5.02 Å². The summed E-state index contributed by atoms with van der Waals surface area (Å²) in [7, 11) is 0. The number of hydrogen-bond donors (Lipinski definition) is 1. The van der Waals surface area contributed by atoms with Crippen molar-refractivity contribution < 1.29 is 13.2 Å². The third-order valence-electron chi connectivity index (χ3n) is 2.47. The van der Waals surface area contributed by atoms with E-state index in [9.17, 15) is 13.2 Å². The summed E-state index contributed by atoms with van der Waals surface area (Å²) in [5.74, 6) is -1.17. The van der Waals surface area contributed by atoms with Gasteiger partial charge < -0.3 is 5.73 Å². The minimum Gasteiger partial charge on any atom is -0.399 e. The van der Waals surface area contributed by atoms with E-state index in [4.69, 9.17) is 17.3 Å². The Morgan fingerprint density at radius 2 is 2.00 bits per heavy atom. The van der Waals surface area contributed by atoms with E-state index in [2.05, 4.69) is 15.3 Å². The van der Waals surface area contributed by atoms with E-state index in [0.717, 1.165) is 11.3 Å². The zero-order valence-corrected chi connectivity index (χ0v) is 11.1. The lowest BCUT2D eigenvalue weighted by Crippen LogP contribution is -2.11. The molecule has 0 amide bonds. The number of anilines is 1. The molecular weight excluding hydrogens is 315 g/mol. The third-order valence-corrected chi connectivity index (χ3v) is 3.73. The average Bonchev–Trinajstić information content (AvgIpc) is 2.89. The van der Waals surface area contributed by atoms with Gasteiger partial charge in [-0.1, -0.05) is 22.9 Å². The quantitative estimate of drug-likeness (QED) is 0.700. The molecule has 0 aliphatic rings. The predicted octanol–water partition coefficient (Wildman–Crippen LogP) is 3.11. The van der Waals surface area contributed by atoms with E-state index >= 15 is 0 Å². The minimum atomic E-state index is -4.62. The molecule has 5 nitrogen and oxygen atoms in total. The van der Waals surface area contributed by atoms with Crippen LogP contribution in [-0.4, -0.2) is 19.8 Å². The Hall–Kier alpha value is -1.87. The van der Waals surface area contributed by atoms with Crippen LogP contribution >= 0.6 is 22.9 Å². The molecule has 3 rings (SSSR count). The number of hydrogen-bond acceptors (Lipinski definition) is 5. The molecule has 3 aromatic rings. The van der Waals surface area contributed by atoms with Crippen LogP contribution in [-0.2, 0) is 6.18 Å². The van der Waals surface area contributed by atoms with Crippen molar-refractivity contribution in [2.24, 2.45) is 0 Å². The van der Waals surface area contributed by atoms with Crippen molar-refractivity contribution >= 4 is 33.6 Å². The maximum absolute atomic E-state index is 12.7. The molecule has 2 heterocycles. The highest BCUT2D eigenvalue weighted by Crippen LogP contribution is 2.35. The van der Waals surface area contributed by atoms with Crippen LogP contribution in [0.1, 0.15) is 5.82 Å². The Morgan fingerprint density at radius 1 is 1.25 bits per heavy atom. The van der Waals surface area contributed by atoms with E-state index < -0.39 is 12.0 Å². The summed E-state index contributed by atoms with van der Waals surface area (Å²) in [6.07, 6.45) is -4.62. The summed E-state index contributed by atoms with van der Waals surface area (Å²) in [4.78, 5) is 0.0332. The van der Waals surface area contributed by atoms with Crippen molar-refractivity contribution in [3.05, 3.63) is 29.0 Å². The summed E-state index contributed by atoms with van der Waals surface area (Å²) in [6.45, 7) is 0. The van der Waals surface area contributed by atoms with Gasteiger partial charge in [0.15, 0.2) is 0 Å². The van der Waals surface area contributed by atoms with Gasteiger partial charge in [0, 0.05) is 11.3 Å².